The van der Waals surface area contributed by atoms with Gasteiger partial charge in [0, 0.05) is 38.6 Å². The molecule has 0 radical (unpaired) electrons. The summed E-state index contributed by atoms with van der Waals surface area (Å²) in [5, 5.41) is 2.30. The van der Waals surface area contributed by atoms with Crippen LogP contribution >= 0.6 is 0 Å². The van der Waals surface area contributed by atoms with Crippen LogP contribution in [0.2, 0.25) is 0 Å². The minimum Gasteiger partial charge on any atom is -0.308 e. The van der Waals surface area contributed by atoms with Crippen LogP contribution in [0.25, 0.3) is 106 Å². The van der Waals surface area contributed by atoms with Crippen molar-refractivity contribution >= 4 is 21.8 Å². The van der Waals surface area contributed by atoms with Gasteiger partial charge in [-0.15, -0.1) is 0 Å². The second-order valence-electron chi connectivity index (χ2n) is 17.2. The van der Waals surface area contributed by atoms with E-state index in [1.165, 1.54) is 49.9 Å². The molecule has 64 heavy (non-hydrogen) atoms. The van der Waals surface area contributed by atoms with Crippen molar-refractivity contribution < 1.29 is 0 Å². The summed E-state index contributed by atoms with van der Waals surface area (Å²) in [6.45, 7) is 4.67. The van der Waals surface area contributed by atoms with Crippen LogP contribution in [0.5, 0.6) is 0 Å². The molecule has 302 valence electrons. The zero-order chi connectivity index (χ0) is 42.8. The fraction of sp³-hybridized carbons (Fsp3) is 0.0500. The Kier molecular flexibility index (Phi) is 8.80. The number of aromatic nitrogens is 4. The molecule has 1 aliphatic rings. The highest BCUT2D eigenvalue weighted by molar-refractivity contribution is 6.14. The van der Waals surface area contributed by atoms with Gasteiger partial charge in [0.05, 0.1) is 11.0 Å². The van der Waals surface area contributed by atoms with Crippen molar-refractivity contribution in [3.05, 3.63) is 230 Å². The first-order valence-electron chi connectivity index (χ1n) is 21.9. The lowest BCUT2D eigenvalue weighted by Gasteiger charge is -2.21. The largest absolute Gasteiger partial charge is 0.308 e. The van der Waals surface area contributed by atoms with Crippen LogP contribution in [0.4, 0.5) is 0 Å². The number of rotatable bonds is 7. The molecular formula is C60H42N4. The van der Waals surface area contributed by atoms with Gasteiger partial charge in [-0.25, -0.2) is 15.0 Å². The van der Waals surface area contributed by atoms with Gasteiger partial charge in [0.2, 0.25) is 0 Å². The molecule has 4 nitrogen and oxygen atoms in total. The number of fused-ring (bicyclic) bond motifs is 6. The van der Waals surface area contributed by atoms with Gasteiger partial charge in [0.25, 0.3) is 0 Å². The van der Waals surface area contributed by atoms with Crippen molar-refractivity contribution in [2.24, 2.45) is 0 Å². The van der Waals surface area contributed by atoms with E-state index in [9.17, 15) is 0 Å². The van der Waals surface area contributed by atoms with Crippen molar-refractivity contribution in [3.63, 3.8) is 0 Å². The third-order valence-electron chi connectivity index (χ3n) is 13.1. The van der Waals surface area contributed by atoms with Crippen LogP contribution in [-0.4, -0.2) is 19.5 Å². The van der Waals surface area contributed by atoms with Crippen LogP contribution < -0.4 is 0 Å². The van der Waals surface area contributed by atoms with Gasteiger partial charge in [-0.3, -0.25) is 0 Å². The van der Waals surface area contributed by atoms with E-state index in [0.29, 0.717) is 17.5 Å². The van der Waals surface area contributed by atoms with E-state index in [0.717, 1.165) is 49.9 Å². The average Bonchev–Trinajstić information content (AvgIpc) is 3.82. The molecule has 0 fully saturated rings. The molecule has 0 amide bonds. The predicted octanol–water partition coefficient (Wildman–Crippen LogP) is 15.3. The van der Waals surface area contributed by atoms with E-state index in [4.69, 9.17) is 15.0 Å². The van der Waals surface area contributed by atoms with Gasteiger partial charge in [-0.05, 0) is 92.0 Å². The standard InChI is InChI=1S/C60H42N4/c1-60(2)53-24-13-12-21-48(53)51-37-45(33-35-54(51)60)46-34-36-55-52(38-46)49-22-14-23-50(56(49)64(55)47-19-10-5-11-20-47)59-62-57(43-29-25-41(26-30-43)39-15-6-3-7-16-39)61-58(63-59)44-31-27-42(28-32-44)40-17-8-4-9-18-40/h3-38H,1-2H3. The lowest BCUT2D eigenvalue weighted by Crippen LogP contribution is -2.14. The summed E-state index contributed by atoms with van der Waals surface area (Å²) in [6, 6.07) is 77.9. The van der Waals surface area contributed by atoms with Crippen molar-refractivity contribution in [2.75, 3.05) is 0 Å². The molecule has 11 aromatic rings. The first-order valence-corrected chi connectivity index (χ1v) is 21.9. The smallest absolute Gasteiger partial charge is 0.166 e. The number of benzene rings is 9. The third-order valence-corrected chi connectivity index (χ3v) is 13.1. The molecule has 0 saturated heterocycles. The predicted molar refractivity (Wildman–Crippen MR) is 264 cm³/mol. The first-order chi connectivity index (χ1) is 31.5. The summed E-state index contributed by atoms with van der Waals surface area (Å²) in [4.78, 5) is 15.8. The van der Waals surface area contributed by atoms with Crippen molar-refractivity contribution in [1.82, 2.24) is 19.5 Å². The normalized spacial score (nSPS) is 12.7. The Labute approximate surface area is 372 Å². The van der Waals surface area contributed by atoms with Crippen molar-refractivity contribution in [2.45, 2.75) is 19.3 Å². The second kappa shape index (κ2) is 15.0. The first kappa shape index (κ1) is 37.5. The Morgan fingerprint density at radius 2 is 0.797 bits per heavy atom. The molecule has 9 aromatic carbocycles. The molecule has 2 heterocycles. The maximum Gasteiger partial charge on any atom is 0.166 e. The van der Waals surface area contributed by atoms with Gasteiger partial charge >= 0.3 is 0 Å². The van der Waals surface area contributed by atoms with Crippen LogP contribution in [-0.2, 0) is 5.41 Å². The Balaban J connectivity index is 1.05. The Morgan fingerprint density at radius 3 is 1.44 bits per heavy atom. The summed E-state index contributed by atoms with van der Waals surface area (Å²) in [7, 11) is 0. The zero-order valence-electron chi connectivity index (χ0n) is 35.6. The lowest BCUT2D eigenvalue weighted by atomic mass is 9.82. The Hall–Kier alpha value is -8.21. The summed E-state index contributed by atoms with van der Waals surface area (Å²) >= 11 is 0. The topological polar surface area (TPSA) is 43.6 Å². The third kappa shape index (κ3) is 6.26. The van der Waals surface area contributed by atoms with E-state index < -0.39 is 0 Å². The molecular weight excluding hydrogens is 777 g/mol. The molecule has 0 unspecified atom stereocenters. The molecule has 1 aliphatic carbocycles. The van der Waals surface area contributed by atoms with Crippen LogP contribution in [0.15, 0.2) is 218 Å². The Morgan fingerprint density at radius 1 is 0.328 bits per heavy atom. The SMILES string of the molecule is CC1(C)c2ccccc2-c2cc(-c3ccc4c(c3)c3cccc(-c5nc(-c6ccc(-c7ccccc7)cc6)nc(-c6ccc(-c7ccccc7)cc6)n5)c3n4-c3ccccc3)ccc21. The number of hydrogen-bond donors (Lipinski definition) is 0. The van der Waals surface area contributed by atoms with Crippen LogP contribution in [0, 0.1) is 0 Å². The number of hydrogen-bond acceptors (Lipinski definition) is 3. The highest BCUT2D eigenvalue weighted by Crippen LogP contribution is 2.50. The van der Waals surface area contributed by atoms with E-state index in [2.05, 4.69) is 225 Å². The molecule has 12 rings (SSSR count). The number of nitrogens with zero attached hydrogens (tertiary/aromatic N) is 4. The fourth-order valence-corrected chi connectivity index (χ4v) is 9.81. The highest BCUT2D eigenvalue weighted by Gasteiger charge is 2.35. The summed E-state index contributed by atoms with van der Waals surface area (Å²) in [5.74, 6) is 1.86. The molecule has 0 saturated carbocycles. The average molecular weight is 819 g/mol. The molecule has 0 N–H and O–H groups in total. The zero-order valence-corrected chi connectivity index (χ0v) is 35.6. The van der Waals surface area contributed by atoms with Gasteiger partial charge in [0.1, 0.15) is 0 Å². The maximum absolute atomic E-state index is 5.31. The molecule has 2 aromatic heterocycles. The molecule has 0 spiro atoms. The van der Waals surface area contributed by atoms with Crippen molar-refractivity contribution in [1.29, 1.82) is 0 Å². The number of para-hydroxylation sites is 2. The quantitative estimate of drug-likeness (QED) is 0.161. The monoisotopic (exact) mass is 818 g/mol. The Bertz CT molecular complexity index is 3430. The van der Waals surface area contributed by atoms with Gasteiger partial charge in [-0.2, -0.15) is 0 Å². The van der Waals surface area contributed by atoms with Gasteiger partial charge in [0.15, 0.2) is 17.5 Å². The van der Waals surface area contributed by atoms with Crippen LogP contribution in [0.1, 0.15) is 25.0 Å². The molecule has 0 bridgehead atoms. The minimum atomic E-state index is -0.0418. The van der Waals surface area contributed by atoms with Gasteiger partial charge in [-0.1, -0.05) is 196 Å². The van der Waals surface area contributed by atoms with Gasteiger partial charge < -0.3 is 4.57 Å². The highest BCUT2D eigenvalue weighted by atomic mass is 15.0. The molecule has 4 heteroatoms. The molecule has 0 aliphatic heterocycles. The van der Waals surface area contributed by atoms with Crippen molar-refractivity contribution in [3.8, 4) is 84.4 Å². The molecule has 0 atom stereocenters. The van der Waals surface area contributed by atoms with E-state index in [1.54, 1.807) is 0 Å². The second-order valence-corrected chi connectivity index (χ2v) is 17.2. The van der Waals surface area contributed by atoms with Crippen LogP contribution in [0.3, 0.4) is 0 Å². The van der Waals surface area contributed by atoms with E-state index in [1.807, 2.05) is 12.1 Å². The maximum atomic E-state index is 5.31. The van der Waals surface area contributed by atoms with E-state index in [-0.39, 0.29) is 5.41 Å². The minimum absolute atomic E-state index is 0.0418. The van der Waals surface area contributed by atoms with E-state index >= 15 is 0 Å². The lowest BCUT2D eigenvalue weighted by molar-refractivity contribution is 0.660. The summed E-state index contributed by atoms with van der Waals surface area (Å²) < 4.78 is 2.37. The fourth-order valence-electron chi connectivity index (χ4n) is 9.81. The summed E-state index contributed by atoms with van der Waals surface area (Å²) in [5.41, 5.74) is 18.4. The summed E-state index contributed by atoms with van der Waals surface area (Å²) in [6.07, 6.45) is 0.